The number of nitrogens with two attached hydrogens (primary N) is 1. The number of ketones is 2. The lowest BCUT2D eigenvalue weighted by molar-refractivity contribution is 0.0897. The van der Waals surface area contributed by atoms with Crippen molar-refractivity contribution in [3.05, 3.63) is 88.0 Å². The van der Waals surface area contributed by atoms with E-state index in [2.05, 4.69) is 0 Å². The number of fused-ring (bicyclic) bond motifs is 1. The van der Waals surface area contributed by atoms with Gasteiger partial charge in [-0.25, -0.2) is 0 Å². The molecule has 0 radical (unpaired) electrons. The van der Waals surface area contributed by atoms with Crippen molar-refractivity contribution in [2.75, 3.05) is 7.11 Å². The lowest BCUT2D eigenvalue weighted by atomic mass is 9.75. The molecule has 2 aliphatic rings. The van der Waals surface area contributed by atoms with Crippen molar-refractivity contribution in [2.45, 2.75) is 5.92 Å². The number of benzene rings is 2. The van der Waals surface area contributed by atoms with Crippen LogP contribution in [0.1, 0.15) is 32.2 Å². The van der Waals surface area contributed by atoms with Crippen molar-refractivity contribution in [2.24, 2.45) is 5.73 Å². The summed E-state index contributed by atoms with van der Waals surface area (Å²) in [5.74, 6) is -1.48. The molecule has 0 fully saturated rings. The standard InChI is InChI=1S/C21H14N2O4/c1-26-15-9-5-4-8-13(15)16-14(10-22)21(23)27-20-17(16)18(24)11-6-2-3-7-12(11)19(20)25/h2-9,16H,23H2,1H3/t16-/m0/s1. The summed E-state index contributed by atoms with van der Waals surface area (Å²) < 4.78 is 10.9. The molecular weight excluding hydrogens is 344 g/mol. The molecule has 27 heavy (non-hydrogen) atoms. The molecule has 132 valence electrons. The summed E-state index contributed by atoms with van der Waals surface area (Å²) in [6.07, 6.45) is 0. The Morgan fingerprint density at radius 2 is 1.67 bits per heavy atom. The van der Waals surface area contributed by atoms with E-state index in [4.69, 9.17) is 15.2 Å². The van der Waals surface area contributed by atoms with E-state index in [0.717, 1.165) is 0 Å². The minimum atomic E-state index is -0.847. The largest absolute Gasteiger partial charge is 0.496 e. The summed E-state index contributed by atoms with van der Waals surface area (Å²) >= 11 is 0. The number of ether oxygens (including phenoxy) is 2. The number of hydrogen-bond acceptors (Lipinski definition) is 6. The molecule has 0 amide bonds. The van der Waals surface area contributed by atoms with Crippen molar-refractivity contribution >= 4 is 11.6 Å². The predicted molar refractivity (Wildman–Crippen MR) is 95.8 cm³/mol. The highest BCUT2D eigenvalue weighted by molar-refractivity contribution is 6.27. The average molecular weight is 358 g/mol. The molecule has 6 nitrogen and oxygen atoms in total. The molecular formula is C21H14N2O4. The molecule has 1 aliphatic heterocycles. The first-order valence-electron chi connectivity index (χ1n) is 8.21. The van der Waals surface area contributed by atoms with Crippen LogP contribution in [0.25, 0.3) is 0 Å². The maximum atomic E-state index is 13.2. The fraction of sp³-hybridized carbons (Fsp3) is 0.0952. The molecule has 1 atom stereocenters. The topological polar surface area (TPSA) is 102 Å². The van der Waals surface area contributed by atoms with Crippen LogP contribution in [0.5, 0.6) is 5.75 Å². The maximum absolute atomic E-state index is 13.2. The van der Waals surface area contributed by atoms with Crippen LogP contribution in [0.15, 0.2) is 71.3 Å². The van der Waals surface area contributed by atoms with Gasteiger partial charge in [-0.2, -0.15) is 5.26 Å². The third-order valence-corrected chi connectivity index (χ3v) is 4.74. The van der Waals surface area contributed by atoms with Crippen LogP contribution in [0.3, 0.4) is 0 Å². The quantitative estimate of drug-likeness (QED) is 0.885. The number of para-hydroxylation sites is 1. The second-order valence-corrected chi connectivity index (χ2v) is 6.11. The zero-order chi connectivity index (χ0) is 19.1. The Morgan fingerprint density at radius 1 is 1.04 bits per heavy atom. The fourth-order valence-corrected chi connectivity index (χ4v) is 3.52. The number of hydrogen-bond donors (Lipinski definition) is 1. The van der Waals surface area contributed by atoms with E-state index in [1.807, 2.05) is 6.07 Å². The van der Waals surface area contributed by atoms with Gasteiger partial charge >= 0.3 is 0 Å². The maximum Gasteiger partial charge on any atom is 0.229 e. The normalized spacial score (nSPS) is 18.4. The molecule has 1 aliphatic carbocycles. The Balaban J connectivity index is 2.01. The molecule has 1 heterocycles. The summed E-state index contributed by atoms with van der Waals surface area (Å²) in [5.41, 5.74) is 7.22. The molecule has 0 saturated heterocycles. The van der Waals surface area contributed by atoms with Gasteiger partial charge in [0, 0.05) is 16.7 Å². The zero-order valence-corrected chi connectivity index (χ0v) is 14.4. The van der Waals surface area contributed by atoms with Crippen LogP contribution in [-0.2, 0) is 4.74 Å². The van der Waals surface area contributed by atoms with Gasteiger partial charge in [0.15, 0.2) is 11.5 Å². The van der Waals surface area contributed by atoms with Crippen molar-refractivity contribution < 1.29 is 19.1 Å². The molecule has 0 bridgehead atoms. The number of methoxy groups -OCH3 is 1. The van der Waals surface area contributed by atoms with Crippen LogP contribution in [0, 0.1) is 11.3 Å². The molecule has 0 unspecified atom stereocenters. The summed E-state index contributed by atoms with van der Waals surface area (Å²) in [7, 11) is 1.50. The molecule has 6 heteroatoms. The van der Waals surface area contributed by atoms with E-state index < -0.39 is 11.7 Å². The Labute approximate surface area is 155 Å². The lowest BCUT2D eigenvalue weighted by Crippen LogP contribution is -2.32. The van der Waals surface area contributed by atoms with Gasteiger partial charge in [-0.05, 0) is 6.07 Å². The van der Waals surface area contributed by atoms with Crippen LogP contribution < -0.4 is 10.5 Å². The number of nitriles is 1. The monoisotopic (exact) mass is 358 g/mol. The minimum absolute atomic E-state index is 0.0683. The predicted octanol–water partition coefficient (Wildman–Crippen LogP) is 2.84. The van der Waals surface area contributed by atoms with E-state index in [1.165, 1.54) is 7.11 Å². The van der Waals surface area contributed by atoms with Gasteiger partial charge in [-0.1, -0.05) is 42.5 Å². The van der Waals surface area contributed by atoms with E-state index in [1.54, 1.807) is 48.5 Å². The Kier molecular flexibility index (Phi) is 3.78. The number of carbonyl (C=O) groups excluding carboxylic acids is 2. The van der Waals surface area contributed by atoms with Gasteiger partial charge in [-0.15, -0.1) is 0 Å². The first kappa shape index (κ1) is 16.6. The van der Waals surface area contributed by atoms with E-state index >= 15 is 0 Å². The first-order valence-corrected chi connectivity index (χ1v) is 8.21. The van der Waals surface area contributed by atoms with Gasteiger partial charge in [0.2, 0.25) is 11.7 Å². The smallest absolute Gasteiger partial charge is 0.229 e. The third-order valence-electron chi connectivity index (χ3n) is 4.74. The second kappa shape index (κ2) is 6.15. The molecule has 0 aromatic heterocycles. The highest BCUT2D eigenvalue weighted by Gasteiger charge is 2.44. The van der Waals surface area contributed by atoms with Crippen molar-refractivity contribution in [3.63, 3.8) is 0 Å². The Bertz CT molecular complexity index is 1110. The van der Waals surface area contributed by atoms with Crippen LogP contribution in [-0.4, -0.2) is 18.7 Å². The minimum Gasteiger partial charge on any atom is -0.496 e. The SMILES string of the molecule is COc1ccccc1[C@H]1C(C#N)=C(N)OC2=C1C(=O)c1ccccc1C2=O. The number of Topliss-reactive ketones (excluding diaryl/α,β-unsaturated/α-hetero) is 2. The van der Waals surface area contributed by atoms with E-state index in [9.17, 15) is 14.9 Å². The van der Waals surface area contributed by atoms with E-state index in [-0.39, 0.29) is 39.7 Å². The molecule has 0 saturated carbocycles. The highest BCUT2D eigenvalue weighted by atomic mass is 16.5. The van der Waals surface area contributed by atoms with Gasteiger partial charge in [0.05, 0.1) is 18.6 Å². The van der Waals surface area contributed by atoms with E-state index in [0.29, 0.717) is 11.3 Å². The molecule has 2 aromatic carbocycles. The van der Waals surface area contributed by atoms with Crippen LogP contribution >= 0.6 is 0 Å². The van der Waals surface area contributed by atoms with Crippen molar-refractivity contribution in [1.82, 2.24) is 0 Å². The van der Waals surface area contributed by atoms with Gasteiger partial charge in [-0.3, -0.25) is 9.59 Å². The number of rotatable bonds is 2. The summed E-state index contributed by atoms with van der Waals surface area (Å²) in [6, 6.07) is 15.5. The highest BCUT2D eigenvalue weighted by Crippen LogP contribution is 2.46. The fourth-order valence-electron chi connectivity index (χ4n) is 3.52. The lowest BCUT2D eigenvalue weighted by Gasteiger charge is -2.31. The van der Waals surface area contributed by atoms with Gasteiger partial charge in [0.1, 0.15) is 17.4 Å². The van der Waals surface area contributed by atoms with Crippen LogP contribution in [0.4, 0.5) is 0 Å². The molecule has 2 N–H and O–H groups in total. The van der Waals surface area contributed by atoms with Gasteiger partial charge in [0.25, 0.3) is 0 Å². The molecule has 2 aromatic rings. The summed E-state index contributed by atoms with van der Waals surface area (Å²) in [6.45, 7) is 0. The van der Waals surface area contributed by atoms with Crippen molar-refractivity contribution in [3.8, 4) is 11.8 Å². The Hall–Kier alpha value is -3.85. The summed E-state index contributed by atoms with van der Waals surface area (Å²) in [4.78, 5) is 26.2. The zero-order valence-electron chi connectivity index (χ0n) is 14.4. The number of carbonyl (C=O) groups is 2. The molecule has 0 spiro atoms. The van der Waals surface area contributed by atoms with Crippen LogP contribution in [0.2, 0.25) is 0 Å². The Morgan fingerprint density at radius 3 is 2.33 bits per heavy atom. The van der Waals surface area contributed by atoms with Crippen molar-refractivity contribution in [1.29, 1.82) is 5.26 Å². The van der Waals surface area contributed by atoms with Gasteiger partial charge < -0.3 is 15.2 Å². The number of nitrogens with zero attached hydrogens (tertiary/aromatic N) is 1. The second-order valence-electron chi connectivity index (χ2n) is 6.11. The first-order chi connectivity index (χ1) is 13.1. The summed E-state index contributed by atoms with van der Waals surface area (Å²) in [5, 5.41) is 9.67. The molecule has 4 rings (SSSR count). The average Bonchev–Trinajstić information content (AvgIpc) is 2.71. The third kappa shape index (κ3) is 2.33. The number of allylic oxidation sites excluding steroid dienone is 3.